The number of halogens is 1. The molecule has 1 aromatic carbocycles. The maximum Gasteiger partial charge on any atom is 0.338 e. The topological polar surface area (TPSA) is 69.4 Å². The Bertz CT molecular complexity index is 429. The summed E-state index contributed by atoms with van der Waals surface area (Å²) < 4.78 is 17.4. The number of rotatable bonds is 2. The molecule has 0 aliphatic rings. The van der Waals surface area contributed by atoms with E-state index >= 15 is 0 Å². The number of Topliss-reactive ketones (excluding diaryl/α,β-unsaturated/α-hetero) is 1. The van der Waals surface area contributed by atoms with Crippen molar-refractivity contribution in [3.63, 3.8) is 0 Å². The van der Waals surface area contributed by atoms with Crippen molar-refractivity contribution in [1.82, 2.24) is 0 Å². The second kappa shape index (κ2) is 4.08. The molecule has 0 aromatic heterocycles. The third kappa shape index (κ3) is 2.12. The second-order valence-corrected chi connectivity index (χ2v) is 2.97. The average molecular weight is 211 g/mol. The predicted molar refractivity (Wildman–Crippen MR) is 52.2 cm³/mol. The Balaban J connectivity index is 3.46. The Morgan fingerprint density at radius 2 is 2.00 bits per heavy atom. The van der Waals surface area contributed by atoms with Crippen molar-refractivity contribution in [1.29, 1.82) is 0 Å². The number of carbonyl (C=O) groups is 2. The smallest absolute Gasteiger partial charge is 0.338 e. The highest BCUT2D eigenvalue weighted by Crippen LogP contribution is 2.20. The first-order chi connectivity index (χ1) is 6.97. The van der Waals surface area contributed by atoms with Crippen LogP contribution in [0.2, 0.25) is 0 Å². The van der Waals surface area contributed by atoms with Gasteiger partial charge in [0.05, 0.1) is 18.2 Å². The van der Waals surface area contributed by atoms with Crippen LogP contribution in [-0.4, -0.2) is 18.9 Å². The Hall–Kier alpha value is -1.91. The fourth-order valence-corrected chi connectivity index (χ4v) is 1.29. The van der Waals surface area contributed by atoms with E-state index in [1.165, 1.54) is 6.92 Å². The van der Waals surface area contributed by atoms with Gasteiger partial charge in [-0.2, -0.15) is 0 Å². The summed E-state index contributed by atoms with van der Waals surface area (Å²) in [4.78, 5) is 22.5. The minimum atomic E-state index is -0.786. The zero-order valence-corrected chi connectivity index (χ0v) is 8.33. The van der Waals surface area contributed by atoms with Crippen molar-refractivity contribution < 1.29 is 18.7 Å². The SMILES string of the molecule is COC(=O)c1cc(F)cc(N)c1C(C)=O. The average Bonchev–Trinajstić information content (AvgIpc) is 2.14. The van der Waals surface area contributed by atoms with E-state index in [-0.39, 0.29) is 16.8 Å². The molecule has 4 nitrogen and oxygen atoms in total. The lowest BCUT2D eigenvalue weighted by atomic mass is 10.0. The highest BCUT2D eigenvalue weighted by Gasteiger charge is 2.19. The quantitative estimate of drug-likeness (QED) is 0.456. The van der Waals surface area contributed by atoms with Gasteiger partial charge >= 0.3 is 5.97 Å². The van der Waals surface area contributed by atoms with Crippen LogP contribution in [0, 0.1) is 5.82 Å². The van der Waals surface area contributed by atoms with Crippen molar-refractivity contribution in [3.8, 4) is 0 Å². The Morgan fingerprint density at radius 1 is 1.40 bits per heavy atom. The van der Waals surface area contributed by atoms with Gasteiger partial charge in [0.15, 0.2) is 5.78 Å². The van der Waals surface area contributed by atoms with Gasteiger partial charge in [0, 0.05) is 5.69 Å². The number of carbonyl (C=O) groups excluding carboxylic acids is 2. The second-order valence-electron chi connectivity index (χ2n) is 2.97. The van der Waals surface area contributed by atoms with E-state index in [0.29, 0.717) is 0 Å². The zero-order valence-electron chi connectivity index (χ0n) is 8.33. The van der Waals surface area contributed by atoms with Crippen molar-refractivity contribution in [2.24, 2.45) is 0 Å². The van der Waals surface area contributed by atoms with Crippen LogP contribution in [-0.2, 0) is 4.74 Å². The number of benzene rings is 1. The molecule has 0 heterocycles. The molecule has 0 radical (unpaired) electrons. The van der Waals surface area contributed by atoms with Crippen molar-refractivity contribution in [2.75, 3.05) is 12.8 Å². The molecule has 0 aliphatic carbocycles. The lowest BCUT2D eigenvalue weighted by Crippen LogP contribution is -2.12. The molecule has 0 saturated heterocycles. The van der Waals surface area contributed by atoms with Crippen LogP contribution in [0.4, 0.5) is 10.1 Å². The summed E-state index contributed by atoms with van der Waals surface area (Å²) >= 11 is 0. The Labute approximate surface area is 85.8 Å². The first-order valence-electron chi connectivity index (χ1n) is 4.15. The fraction of sp³-hybridized carbons (Fsp3) is 0.200. The van der Waals surface area contributed by atoms with E-state index in [4.69, 9.17) is 5.73 Å². The molecule has 5 heteroatoms. The molecule has 0 bridgehead atoms. The highest BCUT2D eigenvalue weighted by molar-refractivity contribution is 6.08. The van der Waals surface area contributed by atoms with E-state index in [1.807, 2.05) is 0 Å². The summed E-state index contributed by atoms with van der Waals surface area (Å²) in [5.74, 6) is -1.88. The molecular formula is C10H10FNO3. The number of ether oxygens (including phenoxy) is 1. The maximum atomic E-state index is 13.0. The molecule has 2 N–H and O–H groups in total. The number of hydrogen-bond acceptors (Lipinski definition) is 4. The Kier molecular flexibility index (Phi) is 3.04. The standard InChI is InChI=1S/C10H10FNO3/c1-5(13)9-7(10(14)15-2)3-6(11)4-8(9)12/h3-4H,12H2,1-2H3. The third-order valence-electron chi connectivity index (χ3n) is 1.89. The monoisotopic (exact) mass is 211 g/mol. The summed E-state index contributed by atoms with van der Waals surface area (Å²) in [5, 5.41) is 0. The Morgan fingerprint density at radius 3 is 2.47 bits per heavy atom. The van der Waals surface area contributed by atoms with Crippen molar-refractivity contribution in [3.05, 3.63) is 29.1 Å². The molecule has 0 aliphatic heterocycles. The van der Waals surface area contributed by atoms with Gasteiger partial charge in [-0.15, -0.1) is 0 Å². The molecule has 0 saturated carbocycles. The van der Waals surface area contributed by atoms with Crippen LogP contribution in [0.15, 0.2) is 12.1 Å². The van der Waals surface area contributed by atoms with Crippen molar-refractivity contribution >= 4 is 17.4 Å². The number of nitrogen functional groups attached to an aromatic ring is 1. The largest absolute Gasteiger partial charge is 0.465 e. The van der Waals surface area contributed by atoms with Crippen LogP contribution in [0.5, 0.6) is 0 Å². The fourth-order valence-electron chi connectivity index (χ4n) is 1.29. The van der Waals surface area contributed by atoms with Gasteiger partial charge in [-0.05, 0) is 19.1 Å². The number of anilines is 1. The van der Waals surface area contributed by atoms with Crippen LogP contribution in [0.3, 0.4) is 0 Å². The van der Waals surface area contributed by atoms with E-state index in [0.717, 1.165) is 19.2 Å². The summed E-state index contributed by atoms with van der Waals surface area (Å²) in [7, 11) is 1.15. The van der Waals surface area contributed by atoms with Crippen molar-refractivity contribution in [2.45, 2.75) is 6.92 Å². The van der Waals surface area contributed by atoms with Gasteiger partial charge in [-0.25, -0.2) is 9.18 Å². The minimum absolute atomic E-state index is 0.0109. The van der Waals surface area contributed by atoms with Gasteiger partial charge in [-0.3, -0.25) is 4.79 Å². The first kappa shape index (κ1) is 11.2. The van der Waals surface area contributed by atoms with Crippen LogP contribution < -0.4 is 5.73 Å². The van der Waals surface area contributed by atoms with E-state index in [2.05, 4.69) is 4.74 Å². The van der Waals surface area contributed by atoms with Gasteiger partial charge in [-0.1, -0.05) is 0 Å². The van der Waals surface area contributed by atoms with Gasteiger partial charge in [0.2, 0.25) is 0 Å². The maximum absolute atomic E-state index is 13.0. The number of hydrogen-bond donors (Lipinski definition) is 1. The molecule has 0 atom stereocenters. The van der Waals surface area contributed by atoms with Gasteiger partial charge < -0.3 is 10.5 Å². The van der Waals surface area contributed by atoms with Gasteiger partial charge in [0.25, 0.3) is 0 Å². The normalized spacial score (nSPS) is 9.80. The first-order valence-corrected chi connectivity index (χ1v) is 4.15. The number of ketones is 1. The number of esters is 1. The van der Waals surface area contributed by atoms with E-state index in [1.54, 1.807) is 0 Å². The van der Waals surface area contributed by atoms with Crippen LogP contribution in [0.1, 0.15) is 27.6 Å². The lowest BCUT2D eigenvalue weighted by molar-refractivity contribution is 0.0596. The predicted octanol–water partition coefficient (Wildman–Crippen LogP) is 1.40. The molecule has 80 valence electrons. The summed E-state index contributed by atoms with van der Waals surface area (Å²) in [6.45, 7) is 1.25. The lowest BCUT2D eigenvalue weighted by Gasteiger charge is -2.08. The number of methoxy groups -OCH3 is 1. The summed E-state index contributed by atoms with van der Waals surface area (Å²) in [5.41, 5.74) is 5.22. The highest BCUT2D eigenvalue weighted by atomic mass is 19.1. The molecule has 0 fully saturated rings. The molecule has 15 heavy (non-hydrogen) atoms. The molecular weight excluding hydrogens is 201 g/mol. The van der Waals surface area contributed by atoms with E-state index in [9.17, 15) is 14.0 Å². The summed E-state index contributed by atoms with van der Waals surface area (Å²) in [6, 6.07) is 1.92. The number of nitrogens with two attached hydrogens (primary N) is 1. The molecule has 1 aromatic rings. The minimum Gasteiger partial charge on any atom is -0.465 e. The van der Waals surface area contributed by atoms with Gasteiger partial charge in [0.1, 0.15) is 5.82 Å². The molecule has 0 spiro atoms. The zero-order chi connectivity index (χ0) is 11.6. The molecule has 0 amide bonds. The third-order valence-corrected chi connectivity index (χ3v) is 1.89. The van der Waals surface area contributed by atoms with E-state index < -0.39 is 17.6 Å². The molecule has 0 unspecified atom stereocenters. The summed E-state index contributed by atoms with van der Waals surface area (Å²) in [6.07, 6.45) is 0. The molecule has 1 rings (SSSR count). The van der Waals surface area contributed by atoms with Crippen LogP contribution in [0.25, 0.3) is 0 Å². The van der Waals surface area contributed by atoms with Crippen LogP contribution >= 0.6 is 0 Å².